The molecule has 3 N–H and O–H groups in total. The molecule has 0 aromatic heterocycles. The fraction of sp³-hybridized carbons (Fsp3) is 0.842. The van der Waals surface area contributed by atoms with Gasteiger partial charge in [0.25, 0.3) is 0 Å². The van der Waals surface area contributed by atoms with Gasteiger partial charge in [0.2, 0.25) is 5.78 Å². The van der Waals surface area contributed by atoms with Crippen LogP contribution in [0.25, 0.3) is 0 Å². The molecular formula is C19H36O4. The van der Waals surface area contributed by atoms with Crippen molar-refractivity contribution in [1.82, 2.24) is 0 Å². The lowest BCUT2D eigenvalue weighted by atomic mass is 10.0. The Bertz CT molecular complexity index is 323. The number of carbonyl (C=O) groups is 1. The Morgan fingerprint density at radius 1 is 0.696 bits per heavy atom. The first-order valence-electron chi connectivity index (χ1n) is 9.38. The quantitative estimate of drug-likeness (QED) is 0.202. The third kappa shape index (κ3) is 13.1. The summed E-state index contributed by atoms with van der Waals surface area (Å²) in [6.07, 6.45) is 16.5. The van der Waals surface area contributed by atoms with Crippen LogP contribution in [0.2, 0.25) is 0 Å². The number of carbonyl (C=O) groups excluding carboxylic acids is 1. The third-order valence-corrected chi connectivity index (χ3v) is 4.20. The normalized spacial score (nSPS) is 12.3. The van der Waals surface area contributed by atoms with Gasteiger partial charge in [0.05, 0.1) is 0 Å². The molecule has 0 spiro atoms. The average molecular weight is 328 g/mol. The van der Waals surface area contributed by atoms with Gasteiger partial charge in [-0.05, 0) is 6.42 Å². The lowest BCUT2D eigenvalue weighted by molar-refractivity contribution is -0.120. The second-order valence-corrected chi connectivity index (χ2v) is 6.37. The topological polar surface area (TPSA) is 77.8 Å². The average Bonchev–Trinajstić information content (AvgIpc) is 2.57. The van der Waals surface area contributed by atoms with Crippen LogP contribution in [0, 0.1) is 0 Å². The van der Waals surface area contributed by atoms with Gasteiger partial charge in [0.15, 0.2) is 5.76 Å². The van der Waals surface area contributed by atoms with Crippen molar-refractivity contribution in [3.63, 3.8) is 0 Å². The summed E-state index contributed by atoms with van der Waals surface area (Å²) in [5.41, 5.74) is 0. The van der Waals surface area contributed by atoms with E-state index in [2.05, 4.69) is 6.92 Å². The number of aliphatic hydroxyl groups is 3. The lowest BCUT2D eigenvalue weighted by Crippen LogP contribution is -2.09. The van der Waals surface area contributed by atoms with Gasteiger partial charge in [0, 0.05) is 6.42 Å². The number of allylic oxidation sites excluding steroid dienone is 1. The van der Waals surface area contributed by atoms with Crippen molar-refractivity contribution in [2.24, 2.45) is 0 Å². The van der Waals surface area contributed by atoms with E-state index in [0.717, 1.165) is 19.3 Å². The number of ketones is 1. The summed E-state index contributed by atoms with van der Waals surface area (Å²) in [7, 11) is 0. The molecule has 0 radical (unpaired) electrons. The standard InChI is InChI=1S/C19H36O4/c1-2-3-4-5-6-7-8-9-10-11-12-13-14-15-17(21)19(23)18(22)16-20/h20-21,23H,2-16H2,1H3. The molecule has 136 valence electrons. The first-order chi connectivity index (χ1) is 11.1. The Morgan fingerprint density at radius 2 is 1.09 bits per heavy atom. The smallest absolute Gasteiger partial charge is 0.225 e. The van der Waals surface area contributed by atoms with Gasteiger partial charge in [0.1, 0.15) is 12.4 Å². The Labute approximate surface area is 141 Å². The van der Waals surface area contributed by atoms with E-state index in [1.807, 2.05) is 0 Å². The number of rotatable bonds is 16. The minimum Gasteiger partial charge on any atom is -0.508 e. The summed E-state index contributed by atoms with van der Waals surface area (Å²) in [4.78, 5) is 11.0. The highest BCUT2D eigenvalue weighted by Gasteiger charge is 2.11. The van der Waals surface area contributed by atoms with Crippen LogP contribution in [0.1, 0.15) is 96.8 Å². The second kappa shape index (κ2) is 15.9. The maximum absolute atomic E-state index is 11.0. The summed E-state index contributed by atoms with van der Waals surface area (Å²) in [5, 5.41) is 27.4. The van der Waals surface area contributed by atoms with Gasteiger partial charge >= 0.3 is 0 Å². The molecule has 0 bridgehead atoms. The number of unbranched alkanes of at least 4 members (excludes halogenated alkanes) is 12. The van der Waals surface area contributed by atoms with Crippen molar-refractivity contribution in [1.29, 1.82) is 0 Å². The van der Waals surface area contributed by atoms with Crippen molar-refractivity contribution in [2.45, 2.75) is 96.8 Å². The lowest BCUT2D eigenvalue weighted by Gasteiger charge is -2.04. The molecular weight excluding hydrogens is 292 g/mol. The minimum absolute atomic E-state index is 0.299. The van der Waals surface area contributed by atoms with E-state index in [9.17, 15) is 15.0 Å². The van der Waals surface area contributed by atoms with Crippen molar-refractivity contribution in [2.75, 3.05) is 6.61 Å². The Kier molecular flexibility index (Phi) is 15.1. The van der Waals surface area contributed by atoms with Gasteiger partial charge in [-0.15, -0.1) is 0 Å². The molecule has 0 aromatic rings. The Hall–Kier alpha value is -1.03. The van der Waals surface area contributed by atoms with E-state index in [1.165, 1.54) is 64.2 Å². The van der Waals surface area contributed by atoms with E-state index in [0.29, 0.717) is 6.42 Å². The van der Waals surface area contributed by atoms with Gasteiger partial charge < -0.3 is 15.3 Å². The van der Waals surface area contributed by atoms with E-state index in [4.69, 9.17) is 5.11 Å². The summed E-state index contributed by atoms with van der Waals surface area (Å²) >= 11 is 0. The van der Waals surface area contributed by atoms with Crippen molar-refractivity contribution in [3.05, 3.63) is 11.5 Å². The van der Waals surface area contributed by atoms with Crippen LogP contribution < -0.4 is 0 Å². The van der Waals surface area contributed by atoms with Gasteiger partial charge in [-0.2, -0.15) is 0 Å². The van der Waals surface area contributed by atoms with E-state index < -0.39 is 18.1 Å². The van der Waals surface area contributed by atoms with E-state index in [-0.39, 0.29) is 5.76 Å². The molecule has 0 amide bonds. The predicted octanol–water partition coefficient (Wildman–Crippen LogP) is 5.36. The van der Waals surface area contributed by atoms with Crippen molar-refractivity contribution in [3.8, 4) is 0 Å². The molecule has 0 fully saturated rings. The minimum atomic E-state index is -0.822. The molecule has 4 nitrogen and oxygen atoms in total. The van der Waals surface area contributed by atoms with Crippen LogP contribution in [-0.2, 0) is 4.79 Å². The molecule has 0 saturated heterocycles. The maximum atomic E-state index is 11.0. The van der Waals surface area contributed by atoms with E-state index in [1.54, 1.807) is 0 Å². The van der Waals surface area contributed by atoms with Gasteiger partial charge in [-0.1, -0.05) is 84.0 Å². The number of hydrogen-bond donors (Lipinski definition) is 3. The fourth-order valence-corrected chi connectivity index (χ4v) is 2.66. The molecule has 4 heteroatoms. The predicted molar refractivity (Wildman–Crippen MR) is 94.7 cm³/mol. The molecule has 0 aromatic carbocycles. The molecule has 0 aliphatic rings. The zero-order valence-corrected chi connectivity index (χ0v) is 14.9. The first kappa shape index (κ1) is 22.0. The maximum Gasteiger partial charge on any atom is 0.225 e. The first-order valence-corrected chi connectivity index (χ1v) is 9.38. The molecule has 0 rings (SSSR count). The summed E-state index contributed by atoms with van der Waals surface area (Å²) < 4.78 is 0. The van der Waals surface area contributed by atoms with E-state index >= 15 is 0 Å². The second-order valence-electron chi connectivity index (χ2n) is 6.37. The Morgan fingerprint density at radius 3 is 1.48 bits per heavy atom. The van der Waals surface area contributed by atoms with Crippen molar-refractivity contribution >= 4 is 5.78 Å². The molecule has 0 aliphatic carbocycles. The van der Waals surface area contributed by atoms with Crippen LogP contribution in [0.4, 0.5) is 0 Å². The van der Waals surface area contributed by atoms with Gasteiger partial charge in [-0.3, -0.25) is 4.79 Å². The molecule has 0 heterocycles. The zero-order chi connectivity index (χ0) is 17.3. The highest BCUT2D eigenvalue weighted by Crippen LogP contribution is 2.14. The number of Topliss-reactive ketones (excluding diaryl/α,β-unsaturated/α-hetero) is 1. The fourth-order valence-electron chi connectivity index (χ4n) is 2.66. The summed E-state index contributed by atoms with van der Waals surface area (Å²) in [6, 6.07) is 0. The SMILES string of the molecule is CCCCCCCCCCCCCCCC(O)=C(O)C(=O)CO. The molecule has 0 unspecified atom stereocenters. The molecule has 0 aliphatic heterocycles. The summed E-state index contributed by atoms with van der Waals surface area (Å²) in [5.74, 6) is -1.81. The van der Waals surface area contributed by atoms with Crippen LogP contribution in [0.3, 0.4) is 0 Å². The Balaban J connectivity index is 3.35. The number of hydrogen-bond acceptors (Lipinski definition) is 4. The van der Waals surface area contributed by atoms with Gasteiger partial charge in [-0.25, -0.2) is 0 Å². The van der Waals surface area contributed by atoms with Crippen LogP contribution in [0.5, 0.6) is 0 Å². The van der Waals surface area contributed by atoms with Crippen LogP contribution in [0.15, 0.2) is 11.5 Å². The summed E-state index contributed by atoms with van der Waals surface area (Å²) in [6.45, 7) is 1.48. The molecule has 0 saturated carbocycles. The largest absolute Gasteiger partial charge is 0.508 e. The van der Waals surface area contributed by atoms with Crippen molar-refractivity contribution < 1.29 is 20.1 Å². The third-order valence-electron chi connectivity index (χ3n) is 4.20. The zero-order valence-electron chi connectivity index (χ0n) is 14.9. The molecule has 0 atom stereocenters. The monoisotopic (exact) mass is 328 g/mol. The highest BCUT2D eigenvalue weighted by atomic mass is 16.3. The van der Waals surface area contributed by atoms with Crippen LogP contribution >= 0.6 is 0 Å². The molecule has 23 heavy (non-hydrogen) atoms. The van der Waals surface area contributed by atoms with Crippen LogP contribution in [-0.4, -0.2) is 27.7 Å². The highest BCUT2D eigenvalue weighted by molar-refractivity contribution is 5.94. The number of aliphatic hydroxyl groups excluding tert-OH is 3.